The highest BCUT2D eigenvalue weighted by molar-refractivity contribution is 7.92. The van der Waals surface area contributed by atoms with Crippen LogP contribution in [0, 0.1) is 20.8 Å². The highest BCUT2D eigenvalue weighted by Gasteiger charge is 2.15. The third-order valence-corrected chi connectivity index (χ3v) is 5.94. The zero-order valence-electron chi connectivity index (χ0n) is 17.1. The van der Waals surface area contributed by atoms with E-state index in [-0.39, 0.29) is 17.4 Å². The molecule has 1 amide bonds. The molecule has 0 aliphatic heterocycles. The van der Waals surface area contributed by atoms with Gasteiger partial charge < -0.3 is 10.1 Å². The second-order valence-electron chi connectivity index (χ2n) is 7.05. The number of benzene rings is 3. The van der Waals surface area contributed by atoms with E-state index in [0.29, 0.717) is 11.4 Å². The van der Waals surface area contributed by atoms with E-state index in [2.05, 4.69) is 10.0 Å². The third kappa shape index (κ3) is 5.39. The molecule has 2 N–H and O–H groups in total. The molecule has 0 spiro atoms. The van der Waals surface area contributed by atoms with Gasteiger partial charge in [0, 0.05) is 5.69 Å². The van der Waals surface area contributed by atoms with Crippen LogP contribution in [0.3, 0.4) is 0 Å². The van der Waals surface area contributed by atoms with Crippen molar-refractivity contribution in [3.05, 3.63) is 83.4 Å². The lowest BCUT2D eigenvalue weighted by Crippen LogP contribution is -2.20. The van der Waals surface area contributed by atoms with Crippen molar-refractivity contribution < 1.29 is 17.9 Å². The SMILES string of the molecule is Cc1ccc(C)c(NC(=O)COc2ccc(S(=O)(=O)Nc3ccccc3C)cc2)c1. The molecule has 0 fully saturated rings. The van der Waals surface area contributed by atoms with Crippen LogP contribution in [0.1, 0.15) is 16.7 Å². The molecule has 0 bridgehead atoms. The maximum Gasteiger partial charge on any atom is 0.262 e. The molecule has 0 radical (unpaired) electrons. The van der Waals surface area contributed by atoms with Crippen LogP contribution in [0.25, 0.3) is 0 Å². The van der Waals surface area contributed by atoms with E-state index < -0.39 is 10.0 Å². The number of aryl methyl sites for hydroxylation is 3. The summed E-state index contributed by atoms with van der Waals surface area (Å²) in [5, 5.41) is 2.82. The van der Waals surface area contributed by atoms with Gasteiger partial charge >= 0.3 is 0 Å². The molecule has 0 atom stereocenters. The monoisotopic (exact) mass is 424 g/mol. The summed E-state index contributed by atoms with van der Waals surface area (Å²) in [4.78, 5) is 12.3. The van der Waals surface area contributed by atoms with Crippen molar-refractivity contribution in [2.75, 3.05) is 16.6 Å². The minimum Gasteiger partial charge on any atom is -0.484 e. The Balaban J connectivity index is 1.61. The normalized spacial score (nSPS) is 11.0. The molecule has 0 aromatic heterocycles. The number of carbonyl (C=O) groups excluding carboxylic acids is 1. The van der Waals surface area contributed by atoms with Gasteiger partial charge in [-0.3, -0.25) is 9.52 Å². The third-order valence-electron chi connectivity index (χ3n) is 4.56. The van der Waals surface area contributed by atoms with Crippen LogP contribution in [-0.2, 0) is 14.8 Å². The zero-order chi connectivity index (χ0) is 21.7. The maximum absolute atomic E-state index is 12.6. The van der Waals surface area contributed by atoms with Gasteiger partial charge in [-0.15, -0.1) is 0 Å². The Labute approximate surface area is 177 Å². The topological polar surface area (TPSA) is 84.5 Å². The predicted octanol–water partition coefficient (Wildman–Crippen LogP) is 4.43. The smallest absolute Gasteiger partial charge is 0.262 e. The molecular formula is C23H24N2O4S. The van der Waals surface area contributed by atoms with Gasteiger partial charge in [-0.1, -0.05) is 30.3 Å². The molecule has 0 saturated heterocycles. The van der Waals surface area contributed by atoms with E-state index in [1.807, 2.05) is 51.1 Å². The highest BCUT2D eigenvalue weighted by atomic mass is 32.2. The number of hydrogen-bond donors (Lipinski definition) is 2. The maximum atomic E-state index is 12.6. The van der Waals surface area contributed by atoms with Gasteiger partial charge in [-0.2, -0.15) is 0 Å². The van der Waals surface area contributed by atoms with Crippen molar-refractivity contribution in [3.63, 3.8) is 0 Å². The van der Waals surface area contributed by atoms with Crippen LogP contribution in [0.2, 0.25) is 0 Å². The summed E-state index contributed by atoms with van der Waals surface area (Å²) in [6, 6.07) is 18.9. The quantitative estimate of drug-likeness (QED) is 0.588. The lowest BCUT2D eigenvalue weighted by atomic mass is 10.1. The van der Waals surface area contributed by atoms with Crippen LogP contribution in [0.4, 0.5) is 11.4 Å². The van der Waals surface area contributed by atoms with Crippen molar-refractivity contribution >= 4 is 27.3 Å². The fourth-order valence-corrected chi connectivity index (χ4v) is 3.94. The Hall–Kier alpha value is -3.32. The van der Waals surface area contributed by atoms with Gasteiger partial charge in [-0.25, -0.2) is 8.42 Å². The molecule has 6 nitrogen and oxygen atoms in total. The lowest BCUT2D eigenvalue weighted by molar-refractivity contribution is -0.118. The Bertz CT molecular complexity index is 1160. The number of para-hydroxylation sites is 1. The van der Waals surface area contributed by atoms with Gasteiger partial charge in [0.05, 0.1) is 10.6 Å². The highest BCUT2D eigenvalue weighted by Crippen LogP contribution is 2.21. The van der Waals surface area contributed by atoms with Gasteiger partial charge in [0.15, 0.2) is 6.61 Å². The van der Waals surface area contributed by atoms with E-state index in [1.54, 1.807) is 12.1 Å². The van der Waals surface area contributed by atoms with Crippen LogP contribution >= 0.6 is 0 Å². The van der Waals surface area contributed by atoms with Crippen LogP contribution in [0.5, 0.6) is 5.75 Å². The van der Waals surface area contributed by atoms with E-state index in [9.17, 15) is 13.2 Å². The Morgan fingerprint density at radius 2 is 1.53 bits per heavy atom. The molecule has 0 aliphatic carbocycles. The largest absolute Gasteiger partial charge is 0.484 e. The number of nitrogens with one attached hydrogen (secondary N) is 2. The molecule has 0 saturated carbocycles. The molecule has 0 aliphatic rings. The second-order valence-corrected chi connectivity index (χ2v) is 8.73. The first kappa shape index (κ1) is 21.4. The van der Waals surface area contributed by atoms with E-state index in [1.165, 1.54) is 24.3 Å². The van der Waals surface area contributed by atoms with Crippen molar-refractivity contribution in [1.82, 2.24) is 0 Å². The number of sulfonamides is 1. The Kier molecular flexibility index (Phi) is 6.42. The van der Waals surface area contributed by atoms with Gasteiger partial charge in [-0.05, 0) is 73.9 Å². The summed E-state index contributed by atoms with van der Waals surface area (Å²) in [6.07, 6.45) is 0. The average molecular weight is 425 g/mol. The molecule has 3 rings (SSSR count). The number of rotatable bonds is 7. The Morgan fingerprint density at radius 1 is 0.867 bits per heavy atom. The summed E-state index contributed by atoms with van der Waals surface area (Å²) in [6.45, 7) is 5.52. The first-order chi connectivity index (χ1) is 14.2. The van der Waals surface area contributed by atoms with Crippen LogP contribution in [-0.4, -0.2) is 20.9 Å². The molecule has 0 unspecified atom stereocenters. The fourth-order valence-electron chi connectivity index (χ4n) is 2.81. The van der Waals surface area contributed by atoms with Crippen molar-refractivity contribution in [1.29, 1.82) is 0 Å². The summed E-state index contributed by atoms with van der Waals surface area (Å²) in [7, 11) is -3.72. The van der Waals surface area contributed by atoms with Gasteiger partial charge in [0.2, 0.25) is 0 Å². The number of anilines is 2. The summed E-state index contributed by atoms with van der Waals surface area (Å²) in [5.74, 6) is 0.113. The second kappa shape index (κ2) is 9.00. The first-order valence-electron chi connectivity index (χ1n) is 9.43. The van der Waals surface area contributed by atoms with Gasteiger partial charge in [0.25, 0.3) is 15.9 Å². The average Bonchev–Trinajstić information content (AvgIpc) is 2.71. The molecular weight excluding hydrogens is 400 g/mol. The van der Waals surface area contributed by atoms with Gasteiger partial charge in [0.1, 0.15) is 5.75 Å². The minimum absolute atomic E-state index is 0.109. The lowest BCUT2D eigenvalue weighted by Gasteiger charge is -2.12. The van der Waals surface area contributed by atoms with E-state index in [4.69, 9.17) is 4.74 Å². The summed E-state index contributed by atoms with van der Waals surface area (Å²) in [5.41, 5.74) is 4.11. The van der Waals surface area contributed by atoms with Crippen molar-refractivity contribution in [3.8, 4) is 5.75 Å². The fraction of sp³-hybridized carbons (Fsp3) is 0.174. The summed E-state index contributed by atoms with van der Waals surface area (Å²) >= 11 is 0. The van der Waals surface area contributed by atoms with E-state index in [0.717, 1.165) is 22.4 Å². The molecule has 3 aromatic carbocycles. The number of hydrogen-bond acceptors (Lipinski definition) is 4. The number of carbonyl (C=O) groups is 1. The van der Waals surface area contributed by atoms with Crippen molar-refractivity contribution in [2.45, 2.75) is 25.7 Å². The van der Waals surface area contributed by atoms with Crippen molar-refractivity contribution in [2.24, 2.45) is 0 Å². The van der Waals surface area contributed by atoms with Crippen LogP contribution < -0.4 is 14.8 Å². The van der Waals surface area contributed by atoms with Crippen LogP contribution in [0.15, 0.2) is 71.6 Å². The molecule has 7 heteroatoms. The predicted molar refractivity (Wildman–Crippen MR) is 118 cm³/mol. The number of ether oxygens (including phenoxy) is 1. The standard InChI is InChI=1S/C23H24N2O4S/c1-16-8-9-18(3)22(14-16)24-23(26)15-29-19-10-12-20(13-11-19)30(27,28)25-21-7-5-4-6-17(21)2/h4-14,25H,15H2,1-3H3,(H,24,26). The first-order valence-corrected chi connectivity index (χ1v) is 10.9. The zero-order valence-corrected chi connectivity index (χ0v) is 17.9. The van der Waals surface area contributed by atoms with E-state index >= 15 is 0 Å². The minimum atomic E-state index is -3.72. The molecule has 30 heavy (non-hydrogen) atoms. The Morgan fingerprint density at radius 3 is 2.23 bits per heavy atom. The molecule has 156 valence electrons. The molecule has 0 heterocycles. The number of amides is 1. The summed E-state index contributed by atoms with van der Waals surface area (Å²) < 4.78 is 33.2. The molecule has 3 aromatic rings.